The molecular weight excluding hydrogens is 320 g/mol. The number of carbonyl (C=O) groups excluding carboxylic acids is 1. The van der Waals surface area contributed by atoms with Crippen LogP contribution in [0.2, 0.25) is 0 Å². The number of nitrogens with zero attached hydrogens (tertiary/aromatic N) is 4. The predicted molar refractivity (Wildman–Crippen MR) is 94.8 cm³/mol. The average Bonchev–Trinajstić information content (AvgIpc) is 2.64. The van der Waals surface area contributed by atoms with E-state index in [0.717, 1.165) is 19.4 Å². The number of amides is 2. The molecule has 1 atom stereocenters. The summed E-state index contributed by atoms with van der Waals surface area (Å²) in [4.78, 5) is 27.1. The molecule has 0 saturated carbocycles. The molecule has 1 saturated heterocycles. The minimum atomic E-state index is -0.269. The number of piperidine rings is 1. The number of rotatable bonds is 5. The highest BCUT2D eigenvalue weighted by molar-refractivity contribution is 5.90. The highest BCUT2D eigenvalue weighted by atomic mass is 16.5. The molecule has 1 aliphatic heterocycles. The molecule has 2 aromatic rings. The quantitative estimate of drug-likeness (QED) is 0.864. The molecule has 1 fully saturated rings. The Morgan fingerprint density at radius 2 is 2.08 bits per heavy atom. The third-order valence-electron chi connectivity index (χ3n) is 3.89. The first-order valence-corrected chi connectivity index (χ1v) is 8.43. The molecule has 0 spiro atoms. The largest absolute Gasteiger partial charge is 0.476 e. The first kappa shape index (κ1) is 16.9. The number of aromatic nitrogens is 3. The van der Waals surface area contributed by atoms with E-state index in [9.17, 15) is 4.79 Å². The zero-order valence-corrected chi connectivity index (χ0v) is 14.2. The van der Waals surface area contributed by atoms with Crippen LogP contribution in [0.5, 0.6) is 5.88 Å². The number of anilines is 2. The summed E-state index contributed by atoms with van der Waals surface area (Å²) in [5, 5.41) is 5.82. The van der Waals surface area contributed by atoms with Gasteiger partial charge in [-0.1, -0.05) is 0 Å². The normalized spacial score (nSPS) is 17.0. The fourth-order valence-electron chi connectivity index (χ4n) is 2.81. The van der Waals surface area contributed by atoms with Crippen LogP contribution in [-0.4, -0.2) is 46.7 Å². The molecule has 8 nitrogen and oxygen atoms in total. The van der Waals surface area contributed by atoms with Crippen molar-refractivity contribution in [3.05, 3.63) is 36.8 Å². The van der Waals surface area contributed by atoms with Crippen LogP contribution in [0.3, 0.4) is 0 Å². The highest BCUT2D eigenvalue weighted by Gasteiger charge is 2.23. The Bertz CT molecular complexity index is 697. The van der Waals surface area contributed by atoms with Gasteiger partial charge in [0.2, 0.25) is 11.8 Å². The van der Waals surface area contributed by atoms with Crippen molar-refractivity contribution in [2.75, 3.05) is 29.9 Å². The highest BCUT2D eigenvalue weighted by Crippen LogP contribution is 2.20. The smallest absolute Gasteiger partial charge is 0.319 e. The molecule has 2 N–H and O–H groups in total. The molecule has 0 radical (unpaired) electrons. The molecule has 132 valence electrons. The van der Waals surface area contributed by atoms with Gasteiger partial charge in [-0.15, -0.1) is 0 Å². The van der Waals surface area contributed by atoms with Gasteiger partial charge >= 0.3 is 6.03 Å². The van der Waals surface area contributed by atoms with Crippen LogP contribution in [0.15, 0.2) is 36.8 Å². The number of pyridine rings is 1. The molecule has 0 aromatic carbocycles. The predicted octanol–water partition coefficient (Wildman–Crippen LogP) is 2.06. The van der Waals surface area contributed by atoms with E-state index >= 15 is 0 Å². The second kappa shape index (κ2) is 8.27. The maximum absolute atomic E-state index is 12.3. The van der Waals surface area contributed by atoms with Crippen LogP contribution in [0.1, 0.15) is 19.8 Å². The Labute approximate surface area is 146 Å². The summed E-state index contributed by atoms with van der Waals surface area (Å²) in [5.41, 5.74) is 0.556. The van der Waals surface area contributed by atoms with Crippen molar-refractivity contribution < 1.29 is 9.53 Å². The van der Waals surface area contributed by atoms with E-state index in [2.05, 4.69) is 30.5 Å². The molecule has 0 unspecified atom stereocenters. The Morgan fingerprint density at radius 3 is 2.88 bits per heavy atom. The maximum atomic E-state index is 12.3. The van der Waals surface area contributed by atoms with Crippen LogP contribution in [0.4, 0.5) is 16.4 Å². The van der Waals surface area contributed by atoms with E-state index < -0.39 is 0 Å². The number of urea groups is 1. The topological polar surface area (TPSA) is 92.3 Å². The van der Waals surface area contributed by atoms with E-state index in [0.29, 0.717) is 30.7 Å². The van der Waals surface area contributed by atoms with Crippen LogP contribution >= 0.6 is 0 Å². The van der Waals surface area contributed by atoms with Gasteiger partial charge in [-0.2, -0.15) is 0 Å². The fraction of sp³-hybridized carbons (Fsp3) is 0.412. The molecule has 8 heteroatoms. The summed E-state index contributed by atoms with van der Waals surface area (Å²) >= 11 is 0. The Balaban J connectivity index is 1.58. The molecule has 0 bridgehead atoms. The molecule has 2 amide bonds. The van der Waals surface area contributed by atoms with Gasteiger partial charge < -0.3 is 20.3 Å². The van der Waals surface area contributed by atoms with Crippen LogP contribution < -0.4 is 20.3 Å². The second-order valence-electron chi connectivity index (χ2n) is 5.72. The van der Waals surface area contributed by atoms with E-state index in [-0.39, 0.29) is 12.1 Å². The van der Waals surface area contributed by atoms with Gasteiger partial charge in [0.05, 0.1) is 6.61 Å². The summed E-state index contributed by atoms with van der Waals surface area (Å²) in [6.45, 7) is 3.94. The lowest BCUT2D eigenvalue weighted by Crippen LogP contribution is -2.49. The Kier molecular flexibility index (Phi) is 5.61. The lowest BCUT2D eigenvalue weighted by Gasteiger charge is -2.33. The first-order valence-electron chi connectivity index (χ1n) is 8.43. The van der Waals surface area contributed by atoms with Crippen LogP contribution in [0, 0.1) is 0 Å². The zero-order chi connectivity index (χ0) is 17.5. The van der Waals surface area contributed by atoms with Crippen molar-refractivity contribution in [3.63, 3.8) is 0 Å². The number of nitrogens with one attached hydrogen (secondary N) is 2. The van der Waals surface area contributed by atoms with Gasteiger partial charge in [-0.25, -0.2) is 19.7 Å². The summed E-state index contributed by atoms with van der Waals surface area (Å²) in [5.74, 6) is 1.11. The minimum absolute atomic E-state index is 0.0322. The molecule has 3 heterocycles. The third kappa shape index (κ3) is 4.56. The Morgan fingerprint density at radius 1 is 1.28 bits per heavy atom. The summed E-state index contributed by atoms with van der Waals surface area (Å²) in [6.07, 6.45) is 6.98. The van der Waals surface area contributed by atoms with Crippen LogP contribution in [0.25, 0.3) is 0 Å². The molecule has 1 aliphatic rings. The van der Waals surface area contributed by atoms with Crippen molar-refractivity contribution in [2.24, 2.45) is 0 Å². The lowest BCUT2D eigenvalue weighted by atomic mass is 10.1. The van der Waals surface area contributed by atoms with E-state index in [4.69, 9.17) is 4.74 Å². The fourth-order valence-corrected chi connectivity index (χ4v) is 2.81. The van der Waals surface area contributed by atoms with Gasteiger partial charge in [0.25, 0.3) is 0 Å². The van der Waals surface area contributed by atoms with Crippen LogP contribution in [-0.2, 0) is 0 Å². The minimum Gasteiger partial charge on any atom is -0.476 e. The molecule has 2 aromatic heterocycles. The van der Waals surface area contributed by atoms with Gasteiger partial charge in [0.15, 0.2) is 0 Å². The van der Waals surface area contributed by atoms with E-state index in [1.807, 2.05) is 6.92 Å². The maximum Gasteiger partial charge on any atom is 0.319 e. The van der Waals surface area contributed by atoms with Crippen molar-refractivity contribution in [1.29, 1.82) is 0 Å². The lowest BCUT2D eigenvalue weighted by molar-refractivity contribution is 0.246. The number of ether oxygens (including phenoxy) is 1. The molecular formula is C17H22N6O2. The first-order chi connectivity index (χ1) is 12.3. The third-order valence-corrected chi connectivity index (χ3v) is 3.89. The van der Waals surface area contributed by atoms with Gasteiger partial charge in [-0.3, -0.25) is 0 Å². The second-order valence-corrected chi connectivity index (χ2v) is 5.72. The summed E-state index contributed by atoms with van der Waals surface area (Å²) in [7, 11) is 0. The van der Waals surface area contributed by atoms with E-state index in [1.165, 1.54) is 0 Å². The number of carbonyl (C=O) groups is 1. The SMILES string of the molecule is CCOc1ncccc1NC(=O)N[C@H]1CCCN(c2ncccn2)C1. The van der Waals surface area contributed by atoms with Crippen molar-refractivity contribution in [3.8, 4) is 5.88 Å². The number of hydrogen-bond acceptors (Lipinski definition) is 6. The molecule has 3 rings (SSSR count). The average molecular weight is 342 g/mol. The Hall–Kier alpha value is -2.90. The van der Waals surface area contributed by atoms with E-state index in [1.54, 1.807) is 36.8 Å². The monoisotopic (exact) mass is 342 g/mol. The molecule has 0 aliphatic carbocycles. The number of hydrogen-bond donors (Lipinski definition) is 2. The van der Waals surface area contributed by atoms with Crippen molar-refractivity contribution in [1.82, 2.24) is 20.3 Å². The van der Waals surface area contributed by atoms with Crippen molar-refractivity contribution in [2.45, 2.75) is 25.8 Å². The summed E-state index contributed by atoms with van der Waals surface area (Å²) < 4.78 is 5.42. The molecule has 25 heavy (non-hydrogen) atoms. The standard InChI is InChI=1S/C17H22N6O2/c1-2-25-15-14(7-3-8-18-15)22-17(24)21-13-6-4-11-23(12-13)16-19-9-5-10-20-16/h3,5,7-10,13H,2,4,6,11-12H2,1H3,(H2,21,22,24)/t13-/m0/s1. The van der Waals surface area contributed by atoms with Gasteiger partial charge in [0, 0.05) is 37.7 Å². The van der Waals surface area contributed by atoms with Crippen molar-refractivity contribution >= 4 is 17.7 Å². The zero-order valence-electron chi connectivity index (χ0n) is 14.2. The summed E-state index contributed by atoms with van der Waals surface area (Å²) in [6, 6.07) is 5.08. The van der Waals surface area contributed by atoms with Gasteiger partial charge in [0.1, 0.15) is 5.69 Å². The van der Waals surface area contributed by atoms with Gasteiger partial charge in [-0.05, 0) is 38.0 Å².